The van der Waals surface area contributed by atoms with E-state index in [0.29, 0.717) is 10.0 Å². The minimum atomic E-state index is -0.301. The number of fused-ring (bicyclic) bond motifs is 1. The van der Waals surface area contributed by atoms with Crippen LogP contribution in [0.1, 0.15) is 9.67 Å². The summed E-state index contributed by atoms with van der Waals surface area (Å²) in [4.78, 5) is 16.6. The van der Waals surface area contributed by atoms with E-state index >= 15 is 0 Å². The number of thiazole rings is 1. The van der Waals surface area contributed by atoms with Crippen LogP contribution in [0.15, 0.2) is 34.2 Å². The molecule has 19 heavy (non-hydrogen) atoms. The summed E-state index contributed by atoms with van der Waals surface area (Å²) in [6.07, 6.45) is 1.63. The monoisotopic (exact) mass is 356 g/mol. The first kappa shape index (κ1) is 12.7. The fraction of sp³-hybridized carbons (Fsp3) is 0. The van der Waals surface area contributed by atoms with E-state index in [1.165, 1.54) is 34.8 Å². The number of hydrogen-bond donors (Lipinski definition) is 1. The lowest BCUT2D eigenvalue weighted by Gasteiger charge is -1.96. The number of benzene rings is 1. The van der Waals surface area contributed by atoms with Crippen LogP contribution < -0.4 is 5.32 Å². The van der Waals surface area contributed by atoms with Crippen molar-refractivity contribution in [2.24, 2.45) is 0 Å². The first-order chi connectivity index (χ1) is 9.11. The van der Waals surface area contributed by atoms with Crippen molar-refractivity contribution < 1.29 is 9.18 Å². The van der Waals surface area contributed by atoms with E-state index in [2.05, 4.69) is 26.2 Å². The molecule has 0 bridgehead atoms. The fourth-order valence-corrected chi connectivity index (χ4v) is 3.67. The number of nitrogens with zero attached hydrogens (tertiary/aromatic N) is 1. The third kappa shape index (κ3) is 2.68. The molecule has 1 N–H and O–H groups in total. The second-order valence-corrected chi connectivity index (χ2v) is 7.21. The van der Waals surface area contributed by atoms with Crippen LogP contribution in [-0.2, 0) is 0 Å². The van der Waals surface area contributed by atoms with E-state index < -0.39 is 0 Å². The predicted molar refractivity (Wildman–Crippen MR) is 79.6 cm³/mol. The van der Waals surface area contributed by atoms with Crippen LogP contribution in [0.4, 0.5) is 9.52 Å². The molecule has 0 saturated carbocycles. The van der Waals surface area contributed by atoms with Gasteiger partial charge in [-0.25, -0.2) is 9.37 Å². The van der Waals surface area contributed by atoms with E-state index in [1.54, 1.807) is 18.3 Å². The van der Waals surface area contributed by atoms with Crippen LogP contribution in [0.3, 0.4) is 0 Å². The number of thiophene rings is 1. The SMILES string of the molecule is O=C(Nc1ncc(Br)s1)c1cc2ccc(F)cc2s1. The van der Waals surface area contributed by atoms with Gasteiger partial charge in [-0.15, -0.1) is 11.3 Å². The lowest BCUT2D eigenvalue weighted by molar-refractivity contribution is 0.103. The van der Waals surface area contributed by atoms with Crippen molar-refractivity contribution in [3.8, 4) is 0 Å². The van der Waals surface area contributed by atoms with Crippen LogP contribution >= 0.6 is 38.6 Å². The Morgan fingerprint density at radius 1 is 1.32 bits per heavy atom. The maximum Gasteiger partial charge on any atom is 0.267 e. The summed E-state index contributed by atoms with van der Waals surface area (Å²) in [6, 6.07) is 6.22. The second-order valence-electron chi connectivity index (χ2n) is 3.72. The highest BCUT2D eigenvalue weighted by Gasteiger charge is 2.12. The van der Waals surface area contributed by atoms with E-state index in [9.17, 15) is 9.18 Å². The Bertz CT molecular complexity index is 768. The molecule has 0 aliphatic heterocycles. The standard InChI is InChI=1S/C12H6BrFN2OS2/c13-10-5-15-12(19-10)16-11(17)9-3-6-1-2-7(14)4-8(6)18-9/h1-5H,(H,15,16,17). The molecule has 2 aromatic heterocycles. The van der Waals surface area contributed by atoms with Gasteiger partial charge in [-0.3, -0.25) is 10.1 Å². The zero-order chi connectivity index (χ0) is 13.4. The molecule has 0 radical (unpaired) electrons. The lowest BCUT2D eigenvalue weighted by Crippen LogP contribution is -2.09. The van der Waals surface area contributed by atoms with Crippen LogP contribution in [0.2, 0.25) is 0 Å². The molecule has 0 fully saturated rings. The molecule has 0 aliphatic carbocycles. The minimum Gasteiger partial charge on any atom is -0.297 e. The Kier molecular flexibility index (Phi) is 3.34. The normalized spacial score (nSPS) is 10.8. The van der Waals surface area contributed by atoms with Gasteiger partial charge in [-0.05, 0) is 39.5 Å². The van der Waals surface area contributed by atoms with E-state index in [0.717, 1.165) is 13.9 Å². The average Bonchev–Trinajstić information content (AvgIpc) is 2.95. The summed E-state index contributed by atoms with van der Waals surface area (Å²) < 4.78 is 14.7. The van der Waals surface area contributed by atoms with Crippen molar-refractivity contribution in [2.45, 2.75) is 0 Å². The molecule has 3 aromatic rings. The number of rotatable bonds is 2. The molecule has 0 saturated heterocycles. The number of aromatic nitrogens is 1. The summed E-state index contributed by atoms with van der Waals surface area (Å²) in [6.45, 7) is 0. The first-order valence-electron chi connectivity index (χ1n) is 5.23. The van der Waals surface area contributed by atoms with Gasteiger partial charge in [0.05, 0.1) is 14.9 Å². The molecule has 0 unspecified atom stereocenters. The summed E-state index contributed by atoms with van der Waals surface area (Å²) in [7, 11) is 0. The molecule has 0 aliphatic rings. The van der Waals surface area contributed by atoms with E-state index in [-0.39, 0.29) is 11.7 Å². The van der Waals surface area contributed by atoms with Crippen molar-refractivity contribution in [2.75, 3.05) is 5.32 Å². The maximum absolute atomic E-state index is 13.1. The smallest absolute Gasteiger partial charge is 0.267 e. The number of carbonyl (C=O) groups excluding carboxylic acids is 1. The summed E-state index contributed by atoms with van der Waals surface area (Å²) in [5.74, 6) is -0.534. The Morgan fingerprint density at radius 2 is 2.16 bits per heavy atom. The first-order valence-corrected chi connectivity index (χ1v) is 7.66. The molecule has 2 heterocycles. The highest BCUT2D eigenvalue weighted by atomic mass is 79.9. The largest absolute Gasteiger partial charge is 0.297 e. The Balaban J connectivity index is 1.89. The topological polar surface area (TPSA) is 42.0 Å². The minimum absolute atomic E-state index is 0.233. The van der Waals surface area contributed by atoms with Crippen molar-refractivity contribution in [3.05, 3.63) is 44.9 Å². The van der Waals surface area contributed by atoms with Gasteiger partial charge in [0.2, 0.25) is 0 Å². The zero-order valence-corrected chi connectivity index (χ0v) is 12.5. The molecule has 0 atom stereocenters. The number of anilines is 1. The van der Waals surface area contributed by atoms with Crippen molar-refractivity contribution in [1.82, 2.24) is 4.98 Å². The van der Waals surface area contributed by atoms with Crippen molar-refractivity contribution in [3.63, 3.8) is 0 Å². The van der Waals surface area contributed by atoms with Crippen molar-refractivity contribution >= 4 is 59.7 Å². The Labute approximate surface area is 124 Å². The molecular formula is C12H6BrFN2OS2. The van der Waals surface area contributed by atoms with Gasteiger partial charge in [0, 0.05) is 4.70 Å². The Morgan fingerprint density at radius 3 is 2.89 bits per heavy atom. The average molecular weight is 357 g/mol. The molecular weight excluding hydrogens is 351 g/mol. The number of hydrogen-bond acceptors (Lipinski definition) is 4. The van der Waals surface area contributed by atoms with Gasteiger partial charge < -0.3 is 0 Å². The summed E-state index contributed by atoms with van der Waals surface area (Å²) in [5.41, 5.74) is 0. The summed E-state index contributed by atoms with van der Waals surface area (Å²) in [5, 5.41) is 4.10. The summed E-state index contributed by atoms with van der Waals surface area (Å²) >= 11 is 5.88. The van der Waals surface area contributed by atoms with Crippen LogP contribution in [0.25, 0.3) is 10.1 Å². The second kappa shape index (κ2) is 4.99. The molecule has 3 nitrogen and oxygen atoms in total. The number of carbonyl (C=O) groups is 1. The molecule has 0 spiro atoms. The Hall–Kier alpha value is -1.31. The van der Waals surface area contributed by atoms with Crippen LogP contribution in [0, 0.1) is 5.82 Å². The third-order valence-electron chi connectivity index (χ3n) is 2.40. The van der Waals surface area contributed by atoms with E-state index in [1.807, 2.05) is 0 Å². The quantitative estimate of drug-likeness (QED) is 0.733. The highest BCUT2D eigenvalue weighted by molar-refractivity contribution is 9.11. The number of amides is 1. The van der Waals surface area contributed by atoms with Gasteiger partial charge in [0.25, 0.3) is 5.91 Å². The van der Waals surface area contributed by atoms with Gasteiger partial charge >= 0.3 is 0 Å². The molecule has 96 valence electrons. The zero-order valence-electron chi connectivity index (χ0n) is 9.31. The number of nitrogens with one attached hydrogen (secondary N) is 1. The number of halogens is 2. The predicted octanol–water partition coefficient (Wildman–Crippen LogP) is 4.51. The molecule has 7 heteroatoms. The van der Waals surface area contributed by atoms with Crippen LogP contribution in [-0.4, -0.2) is 10.9 Å². The van der Waals surface area contributed by atoms with Gasteiger partial charge in [-0.1, -0.05) is 17.4 Å². The molecule has 3 rings (SSSR count). The maximum atomic E-state index is 13.1. The molecule has 1 amide bonds. The lowest BCUT2D eigenvalue weighted by atomic mass is 10.2. The van der Waals surface area contributed by atoms with Crippen molar-refractivity contribution in [1.29, 1.82) is 0 Å². The third-order valence-corrected chi connectivity index (χ3v) is 4.89. The van der Waals surface area contributed by atoms with Gasteiger partial charge in [-0.2, -0.15) is 0 Å². The van der Waals surface area contributed by atoms with Gasteiger partial charge in [0.1, 0.15) is 5.82 Å². The van der Waals surface area contributed by atoms with E-state index in [4.69, 9.17) is 0 Å². The van der Waals surface area contributed by atoms with Gasteiger partial charge in [0.15, 0.2) is 5.13 Å². The fourth-order valence-electron chi connectivity index (χ4n) is 1.59. The highest BCUT2D eigenvalue weighted by Crippen LogP contribution is 2.28. The van der Waals surface area contributed by atoms with Crippen LogP contribution in [0.5, 0.6) is 0 Å². The molecule has 1 aromatic carbocycles.